The number of para-hydroxylation sites is 3. The molecule has 0 saturated heterocycles. The molecular weight excluding hydrogens is 615 g/mol. The topological polar surface area (TPSA) is 69.6 Å². The highest BCUT2D eigenvalue weighted by Crippen LogP contribution is 2.38. The minimum atomic E-state index is 0.544. The first-order valence-electron chi connectivity index (χ1n) is 16.6. The molecule has 6 aromatic carbocycles. The molecule has 234 valence electrons. The Kier molecular flexibility index (Phi) is 6.39. The van der Waals surface area contributed by atoms with Gasteiger partial charge in [-0.2, -0.15) is 0 Å². The Morgan fingerprint density at radius 1 is 0.420 bits per heavy atom. The second-order valence-corrected chi connectivity index (χ2v) is 12.3. The third kappa shape index (κ3) is 4.50. The maximum absolute atomic E-state index is 6.38. The number of rotatable bonds is 5. The first-order chi connectivity index (χ1) is 24.8. The van der Waals surface area contributed by atoms with Crippen molar-refractivity contribution in [1.82, 2.24) is 24.5 Å². The SMILES string of the molecule is c1ccc(-c2nc(-c3ccccc3-c3ccc(-n4c5ccccc5c5ccccc54)cc3)nc(-c3cccc4c3oc3ccncc34)n2)cc1. The van der Waals surface area contributed by atoms with Crippen molar-refractivity contribution < 1.29 is 4.42 Å². The van der Waals surface area contributed by atoms with E-state index < -0.39 is 0 Å². The zero-order valence-electron chi connectivity index (χ0n) is 26.7. The van der Waals surface area contributed by atoms with Gasteiger partial charge >= 0.3 is 0 Å². The van der Waals surface area contributed by atoms with E-state index in [0.29, 0.717) is 17.5 Å². The summed E-state index contributed by atoms with van der Waals surface area (Å²) in [6.45, 7) is 0. The smallest absolute Gasteiger partial charge is 0.167 e. The third-order valence-electron chi connectivity index (χ3n) is 9.39. The molecule has 10 rings (SSSR count). The Labute approximate surface area is 287 Å². The lowest BCUT2D eigenvalue weighted by atomic mass is 9.98. The number of pyridine rings is 1. The molecule has 50 heavy (non-hydrogen) atoms. The van der Waals surface area contributed by atoms with Crippen molar-refractivity contribution in [3.8, 4) is 51.0 Å². The quantitative estimate of drug-likeness (QED) is 0.187. The average Bonchev–Trinajstić information content (AvgIpc) is 3.74. The average molecular weight is 642 g/mol. The monoisotopic (exact) mass is 641 g/mol. The summed E-state index contributed by atoms with van der Waals surface area (Å²) in [7, 11) is 0. The molecule has 0 bridgehead atoms. The zero-order chi connectivity index (χ0) is 33.0. The van der Waals surface area contributed by atoms with E-state index in [2.05, 4.69) is 101 Å². The van der Waals surface area contributed by atoms with Crippen LogP contribution in [-0.4, -0.2) is 24.5 Å². The van der Waals surface area contributed by atoms with E-state index in [4.69, 9.17) is 19.4 Å². The highest BCUT2D eigenvalue weighted by molar-refractivity contribution is 6.10. The summed E-state index contributed by atoms with van der Waals surface area (Å²) in [5.74, 6) is 1.73. The maximum atomic E-state index is 6.38. The van der Waals surface area contributed by atoms with Gasteiger partial charge in [-0.05, 0) is 47.5 Å². The van der Waals surface area contributed by atoms with Crippen LogP contribution in [0.3, 0.4) is 0 Å². The second-order valence-electron chi connectivity index (χ2n) is 12.3. The maximum Gasteiger partial charge on any atom is 0.167 e. The number of hydrogen-bond donors (Lipinski definition) is 0. The number of benzene rings is 6. The summed E-state index contributed by atoms with van der Waals surface area (Å²) in [5.41, 5.74) is 9.69. The van der Waals surface area contributed by atoms with Crippen LogP contribution < -0.4 is 0 Å². The Morgan fingerprint density at radius 3 is 1.78 bits per heavy atom. The van der Waals surface area contributed by atoms with E-state index in [1.807, 2.05) is 66.9 Å². The number of nitrogens with zero attached hydrogens (tertiary/aromatic N) is 5. The van der Waals surface area contributed by atoms with Crippen LogP contribution in [0.5, 0.6) is 0 Å². The van der Waals surface area contributed by atoms with Crippen LogP contribution in [0.15, 0.2) is 168 Å². The van der Waals surface area contributed by atoms with Crippen LogP contribution in [0.25, 0.3) is 94.7 Å². The molecule has 0 spiro atoms. The Bertz CT molecular complexity index is 2820. The highest BCUT2D eigenvalue weighted by Gasteiger charge is 2.19. The first-order valence-corrected chi connectivity index (χ1v) is 16.6. The van der Waals surface area contributed by atoms with E-state index in [9.17, 15) is 0 Å². The van der Waals surface area contributed by atoms with Gasteiger partial charge in [-0.3, -0.25) is 4.98 Å². The van der Waals surface area contributed by atoms with Crippen LogP contribution in [-0.2, 0) is 0 Å². The van der Waals surface area contributed by atoms with Crippen molar-refractivity contribution >= 4 is 43.7 Å². The van der Waals surface area contributed by atoms with Gasteiger partial charge in [-0.25, -0.2) is 15.0 Å². The van der Waals surface area contributed by atoms with Gasteiger partial charge in [-0.15, -0.1) is 0 Å². The molecule has 0 aliphatic carbocycles. The molecule has 0 unspecified atom stereocenters. The van der Waals surface area contributed by atoms with Gasteiger partial charge in [0.25, 0.3) is 0 Å². The fourth-order valence-corrected chi connectivity index (χ4v) is 7.07. The van der Waals surface area contributed by atoms with Gasteiger partial charge < -0.3 is 8.98 Å². The van der Waals surface area contributed by atoms with E-state index in [0.717, 1.165) is 55.4 Å². The molecule has 0 radical (unpaired) electrons. The Morgan fingerprint density at radius 2 is 1.02 bits per heavy atom. The van der Waals surface area contributed by atoms with Crippen LogP contribution in [0.1, 0.15) is 0 Å². The molecular formula is C44H27N5O. The number of furan rings is 1. The Balaban J connectivity index is 1.13. The van der Waals surface area contributed by atoms with Crippen LogP contribution in [0, 0.1) is 0 Å². The zero-order valence-corrected chi connectivity index (χ0v) is 26.7. The lowest BCUT2D eigenvalue weighted by Crippen LogP contribution is -2.01. The van der Waals surface area contributed by atoms with Crippen molar-refractivity contribution in [2.75, 3.05) is 0 Å². The second kappa shape index (κ2) is 11.4. The molecule has 0 aliphatic rings. The fraction of sp³-hybridized carbons (Fsp3) is 0. The summed E-state index contributed by atoms with van der Waals surface area (Å²) in [6.07, 6.45) is 3.58. The number of fused-ring (bicyclic) bond motifs is 6. The van der Waals surface area contributed by atoms with Crippen molar-refractivity contribution in [3.05, 3.63) is 164 Å². The molecule has 4 aromatic heterocycles. The first kappa shape index (κ1) is 28.1. The van der Waals surface area contributed by atoms with Crippen molar-refractivity contribution in [2.45, 2.75) is 0 Å². The summed E-state index contributed by atoms with van der Waals surface area (Å²) in [6, 6.07) is 52.2. The largest absolute Gasteiger partial charge is 0.455 e. The Hall–Kier alpha value is -6.92. The molecule has 4 heterocycles. The molecule has 0 amide bonds. The van der Waals surface area contributed by atoms with Crippen molar-refractivity contribution in [3.63, 3.8) is 0 Å². The van der Waals surface area contributed by atoms with Crippen molar-refractivity contribution in [1.29, 1.82) is 0 Å². The molecule has 0 N–H and O–H groups in total. The van der Waals surface area contributed by atoms with Gasteiger partial charge in [0.15, 0.2) is 17.5 Å². The summed E-state index contributed by atoms with van der Waals surface area (Å²) in [4.78, 5) is 19.5. The highest BCUT2D eigenvalue weighted by atomic mass is 16.3. The molecule has 0 aliphatic heterocycles. The van der Waals surface area contributed by atoms with Gasteiger partial charge in [0.2, 0.25) is 0 Å². The van der Waals surface area contributed by atoms with Gasteiger partial charge in [0.05, 0.1) is 16.6 Å². The molecule has 0 saturated carbocycles. The third-order valence-corrected chi connectivity index (χ3v) is 9.39. The molecule has 6 heteroatoms. The molecule has 0 fully saturated rings. The lowest BCUT2D eigenvalue weighted by molar-refractivity contribution is 0.669. The van der Waals surface area contributed by atoms with E-state index in [1.165, 1.54) is 21.8 Å². The minimum absolute atomic E-state index is 0.544. The van der Waals surface area contributed by atoms with Crippen LogP contribution in [0.2, 0.25) is 0 Å². The van der Waals surface area contributed by atoms with Gasteiger partial charge in [0.1, 0.15) is 11.2 Å². The van der Waals surface area contributed by atoms with Crippen LogP contribution in [0.4, 0.5) is 0 Å². The molecule has 10 aromatic rings. The number of aromatic nitrogens is 5. The van der Waals surface area contributed by atoms with E-state index in [1.54, 1.807) is 6.20 Å². The van der Waals surface area contributed by atoms with Crippen LogP contribution >= 0.6 is 0 Å². The normalized spacial score (nSPS) is 11.6. The van der Waals surface area contributed by atoms with Gasteiger partial charge in [0, 0.05) is 50.8 Å². The summed E-state index contributed by atoms with van der Waals surface area (Å²) < 4.78 is 8.71. The van der Waals surface area contributed by atoms with Crippen molar-refractivity contribution in [2.24, 2.45) is 0 Å². The summed E-state index contributed by atoms with van der Waals surface area (Å²) >= 11 is 0. The molecule has 6 nitrogen and oxygen atoms in total. The molecule has 0 atom stereocenters. The minimum Gasteiger partial charge on any atom is -0.455 e. The van der Waals surface area contributed by atoms with Gasteiger partial charge in [-0.1, -0.05) is 115 Å². The lowest BCUT2D eigenvalue weighted by Gasteiger charge is -2.13. The predicted molar refractivity (Wildman–Crippen MR) is 201 cm³/mol. The standard InChI is InChI=1S/C44H27N5O/c1-2-11-29(12-3-1)42-46-43(48-44(47-42)36-18-10-17-34-37-27-45-26-25-40(37)50-41(34)36)35-16-5-4-13-31(35)28-21-23-30(24-22-28)49-38-19-8-6-14-32(38)33-15-7-9-20-39(33)49/h1-27H. The van der Waals surface area contributed by atoms with E-state index >= 15 is 0 Å². The van der Waals surface area contributed by atoms with E-state index in [-0.39, 0.29) is 0 Å². The number of hydrogen-bond acceptors (Lipinski definition) is 5. The summed E-state index contributed by atoms with van der Waals surface area (Å²) in [5, 5.41) is 4.41. The fourth-order valence-electron chi connectivity index (χ4n) is 7.07. The predicted octanol–water partition coefficient (Wildman–Crippen LogP) is 10.9.